The van der Waals surface area contributed by atoms with E-state index in [-0.39, 0.29) is 12.1 Å². The van der Waals surface area contributed by atoms with Gasteiger partial charge in [-0.05, 0) is 42.2 Å². The van der Waals surface area contributed by atoms with Crippen molar-refractivity contribution < 1.29 is 19.0 Å². The molecule has 0 saturated heterocycles. The van der Waals surface area contributed by atoms with E-state index in [1.165, 1.54) is 0 Å². The second-order valence-corrected chi connectivity index (χ2v) is 5.86. The number of amides is 1. The summed E-state index contributed by atoms with van der Waals surface area (Å²) in [6.07, 6.45) is 0.453. The van der Waals surface area contributed by atoms with E-state index in [0.717, 1.165) is 23.1 Å². The van der Waals surface area contributed by atoms with E-state index in [9.17, 15) is 4.79 Å². The predicted molar refractivity (Wildman–Crippen MR) is 95.3 cm³/mol. The number of ether oxygens (including phenoxy) is 3. The minimum absolute atomic E-state index is 0.205. The van der Waals surface area contributed by atoms with Crippen molar-refractivity contribution in [1.29, 1.82) is 0 Å². The Labute approximate surface area is 148 Å². The molecule has 1 aliphatic heterocycles. The van der Waals surface area contributed by atoms with Crippen molar-refractivity contribution in [2.45, 2.75) is 19.4 Å². The Bertz CT molecular complexity index is 745. The Kier molecular flexibility index (Phi) is 5.12. The zero-order valence-electron chi connectivity index (χ0n) is 14.8. The van der Waals surface area contributed by atoms with Crippen LogP contribution in [0.3, 0.4) is 0 Å². The molecule has 5 nitrogen and oxygen atoms in total. The molecule has 1 atom stereocenters. The molecular weight excluding hydrogens is 318 g/mol. The van der Waals surface area contributed by atoms with Gasteiger partial charge in [0.25, 0.3) is 0 Å². The lowest BCUT2D eigenvalue weighted by Gasteiger charge is -2.37. The molecule has 1 aliphatic rings. The van der Waals surface area contributed by atoms with Crippen LogP contribution < -0.4 is 9.47 Å². The summed E-state index contributed by atoms with van der Waals surface area (Å²) in [6, 6.07) is 13.8. The van der Waals surface area contributed by atoms with Gasteiger partial charge < -0.3 is 14.2 Å². The fourth-order valence-corrected chi connectivity index (χ4v) is 3.34. The molecule has 0 radical (unpaired) electrons. The minimum atomic E-state index is -0.295. The summed E-state index contributed by atoms with van der Waals surface area (Å²) >= 11 is 0. The Morgan fingerprint density at radius 2 is 1.80 bits per heavy atom. The van der Waals surface area contributed by atoms with Gasteiger partial charge in [0.1, 0.15) is 0 Å². The maximum atomic E-state index is 12.5. The van der Waals surface area contributed by atoms with Gasteiger partial charge in [-0.1, -0.05) is 30.3 Å². The number of hydrogen-bond acceptors (Lipinski definition) is 4. The molecule has 25 heavy (non-hydrogen) atoms. The number of carbonyl (C=O) groups is 1. The smallest absolute Gasteiger partial charge is 0.410 e. The standard InChI is InChI=1S/C20H23NO4/c1-4-25-20(22)21-11-10-15-12-17(23-2)18(24-3)13-16(15)19(21)14-8-6-5-7-9-14/h5-9,12-13,19H,4,10-11H2,1-3H3/t19-/m1/s1. The molecule has 0 bridgehead atoms. The van der Waals surface area contributed by atoms with Crippen molar-refractivity contribution in [1.82, 2.24) is 4.90 Å². The molecule has 5 heteroatoms. The normalized spacial score (nSPS) is 16.1. The first kappa shape index (κ1) is 17.1. The maximum absolute atomic E-state index is 12.5. The Hall–Kier alpha value is -2.69. The van der Waals surface area contributed by atoms with Gasteiger partial charge in [0.2, 0.25) is 0 Å². The van der Waals surface area contributed by atoms with Crippen molar-refractivity contribution in [3.05, 3.63) is 59.2 Å². The summed E-state index contributed by atoms with van der Waals surface area (Å²) in [6.45, 7) is 2.78. The van der Waals surface area contributed by atoms with Crippen molar-refractivity contribution in [3.63, 3.8) is 0 Å². The van der Waals surface area contributed by atoms with Crippen LogP contribution in [0.4, 0.5) is 4.79 Å². The highest BCUT2D eigenvalue weighted by atomic mass is 16.6. The molecule has 0 fully saturated rings. The SMILES string of the molecule is CCOC(=O)N1CCc2cc(OC)c(OC)cc2[C@H]1c1ccccc1. The molecule has 1 amide bonds. The third-order valence-corrected chi connectivity index (χ3v) is 4.49. The van der Waals surface area contributed by atoms with E-state index < -0.39 is 0 Å². The Morgan fingerprint density at radius 1 is 1.12 bits per heavy atom. The number of rotatable bonds is 4. The van der Waals surface area contributed by atoms with Crippen molar-refractivity contribution in [2.24, 2.45) is 0 Å². The third-order valence-electron chi connectivity index (χ3n) is 4.49. The Balaban J connectivity index is 2.12. The lowest BCUT2D eigenvalue weighted by atomic mass is 9.88. The second kappa shape index (κ2) is 7.47. The van der Waals surface area contributed by atoms with E-state index >= 15 is 0 Å². The highest BCUT2D eigenvalue weighted by Gasteiger charge is 2.34. The lowest BCUT2D eigenvalue weighted by molar-refractivity contribution is 0.0936. The summed E-state index contributed by atoms with van der Waals surface area (Å²) in [7, 11) is 3.25. The molecule has 0 saturated carbocycles. The van der Waals surface area contributed by atoms with E-state index in [2.05, 4.69) is 0 Å². The number of carbonyl (C=O) groups excluding carboxylic acids is 1. The first-order valence-electron chi connectivity index (χ1n) is 8.42. The van der Waals surface area contributed by atoms with Crippen molar-refractivity contribution in [3.8, 4) is 11.5 Å². The molecule has 0 unspecified atom stereocenters. The van der Waals surface area contributed by atoms with Crippen LogP contribution in [-0.4, -0.2) is 38.4 Å². The molecule has 2 aromatic carbocycles. The van der Waals surface area contributed by atoms with Gasteiger partial charge in [-0.3, -0.25) is 4.90 Å². The van der Waals surface area contributed by atoms with E-state index in [0.29, 0.717) is 24.7 Å². The van der Waals surface area contributed by atoms with Gasteiger partial charge in [-0.2, -0.15) is 0 Å². The summed E-state index contributed by atoms with van der Waals surface area (Å²) in [5.41, 5.74) is 3.25. The molecule has 3 rings (SSSR count). The average molecular weight is 341 g/mol. The van der Waals surface area contributed by atoms with Crippen molar-refractivity contribution >= 4 is 6.09 Å². The van der Waals surface area contributed by atoms with Crippen LogP contribution in [0, 0.1) is 0 Å². The molecule has 0 aromatic heterocycles. The van der Waals surface area contributed by atoms with Crippen LogP contribution in [0.25, 0.3) is 0 Å². The van der Waals surface area contributed by atoms with Crippen LogP contribution in [0.15, 0.2) is 42.5 Å². The highest BCUT2D eigenvalue weighted by molar-refractivity contribution is 5.70. The number of fused-ring (bicyclic) bond motifs is 1. The fourth-order valence-electron chi connectivity index (χ4n) is 3.34. The monoisotopic (exact) mass is 341 g/mol. The molecule has 0 N–H and O–H groups in total. The second-order valence-electron chi connectivity index (χ2n) is 5.86. The topological polar surface area (TPSA) is 48.0 Å². The van der Waals surface area contributed by atoms with Crippen molar-refractivity contribution in [2.75, 3.05) is 27.4 Å². The number of benzene rings is 2. The molecule has 1 heterocycles. The molecule has 0 aliphatic carbocycles. The van der Waals surface area contributed by atoms with Crippen LogP contribution >= 0.6 is 0 Å². The third kappa shape index (κ3) is 3.27. The van der Waals surface area contributed by atoms with Crippen LogP contribution in [0.5, 0.6) is 11.5 Å². The predicted octanol–water partition coefficient (Wildman–Crippen LogP) is 3.81. The quantitative estimate of drug-likeness (QED) is 0.848. The summed E-state index contributed by atoms with van der Waals surface area (Å²) in [5, 5.41) is 0. The van der Waals surface area contributed by atoms with Gasteiger partial charge >= 0.3 is 6.09 Å². The molecule has 132 valence electrons. The van der Waals surface area contributed by atoms with Crippen LogP contribution in [0.2, 0.25) is 0 Å². The van der Waals surface area contributed by atoms with E-state index in [1.54, 1.807) is 19.1 Å². The van der Waals surface area contributed by atoms with Gasteiger partial charge in [0, 0.05) is 6.54 Å². The van der Waals surface area contributed by atoms with Gasteiger partial charge in [0.15, 0.2) is 11.5 Å². The fraction of sp³-hybridized carbons (Fsp3) is 0.350. The van der Waals surface area contributed by atoms with Crippen LogP contribution in [-0.2, 0) is 11.2 Å². The summed E-state index contributed by atoms with van der Waals surface area (Å²) in [5.74, 6) is 1.37. The van der Waals surface area contributed by atoms with Crippen LogP contribution in [0.1, 0.15) is 29.7 Å². The van der Waals surface area contributed by atoms with Gasteiger partial charge in [0.05, 0.1) is 26.9 Å². The minimum Gasteiger partial charge on any atom is -0.493 e. The van der Waals surface area contributed by atoms with E-state index in [1.807, 2.05) is 49.4 Å². The maximum Gasteiger partial charge on any atom is 0.410 e. The largest absolute Gasteiger partial charge is 0.493 e. The van der Waals surface area contributed by atoms with Gasteiger partial charge in [-0.25, -0.2) is 4.79 Å². The van der Waals surface area contributed by atoms with E-state index in [4.69, 9.17) is 14.2 Å². The highest BCUT2D eigenvalue weighted by Crippen LogP contribution is 2.41. The first-order chi connectivity index (χ1) is 12.2. The summed E-state index contributed by atoms with van der Waals surface area (Å²) in [4.78, 5) is 14.3. The number of nitrogens with zero attached hydrogens (tertiary/aromatic N) is 1. The first-order valence-corrected chi connectivity index (χ1v) is 8.42. The summed E-state index contributed by atoms with van der Waals surface area (Å²) < 4.78 is 16.2. The lowest BCUT2D eigenvalue weighted by Crippen LogP contribution is -2.41. The molecule has 0 spiro atoms. The zero-order chi connectivity index (χ0) is 17.8. The zero-order valence-corrected chi connectivity index (χ0v) is 14.8. The number of methoxy groups -OCH3 is 2. The number of hydrogen-bond donors (Lipinski definition) is 0. The average Bonchev–Trinajstić information content (AvgIpc) is 2.66. The molecule has 2 aromatic rings. The molecular formula is C20H23NO4. The van der Waals surface area contributed by atoms with Gasteiger partial charge in [-0.15, -0.1) is 0 Å². The Morgan fingerprint density at radius 3 is 2.44 bits per heavy atom.